The predicted octanol–water partition coefficient (Wildman–Crippen LogP) is 2.80. The average molecular weight is 601 g/mol. The highest BCUT2D eigenvalue weighted by molar-refractivity contribution is 7.93. The van der Waals surface area contributed by atoms with Crippen molar-refractivity contribution in [2.45, 2.75) is 49.9 Å². The second-order valence-electron chi connectivity index (χ2n) is 10.5. The van der Waals surface area contributed by atoms with Gasteiger partial charge in [0.1, 0.15) is 5.69 Å². The van der Waals surface area contributed by atoms with E-state index >= 15 is 0 Å². The molecule has 41 heavy (non-hydrogen) atoms. The highest BCUT2D eigenvalue weighted by Crippen LogP contribution is 2.30. The number of nitrogens with zero attached hydrogens (tertiary/aromatic N) is 6. The Bertz CT molecular complexity index is 1450. The van der Waals surface area contributed by atoms with Crippen molar-refractivity contribution in [2.75, 3.05) is 45.1 Å². The number of likely N-dealkylation sites (tertiary alicyclic amines) is 1. The van der Waals surface area contributed by atoms with E-state index in [0.717, 1.165) is 25.9 Å². The molecule has 4 heterocycles. The SMILES string of the molecule is CCOc1cncc(-c2cnc(C(=O)N[C@@H](CN3CCC(N(C)C)CC3)c3cc(NS(=O)(=O)C4CC4)ccn3)s2)n1. The monoisotopic (exact) mass is 600 g/mol. The summed E-state index contributed by atoms with van der Waals surface area (Å²) in [5, 5.41) is 3.05. The molecule has 1 aliphatic heterocycles. The van der Waals surface area contributed by atoms with Crippen LogP contribution in [0, 0.1) is 0 Å². The summed E-state index contributed by atoms with van der Waals surface area (Å²) in [5.41, 5.74) is 1.60. The smallest absolute Gasteiger partial charge is 0.280 e. The topological polar surface area (TPSA) is 143 Å². The molecular weight excluding hydrogens is 564 g/mol. The number of hydrogen-bond acceptors (Lipinski definition) is 11. The van der Waals surface area contributed by atoms with Crippen LogP contribution < -0.4 is 14.8 Å². The Balaban J connectivity index is 1.34. The molecule has 220 valence electrons. The Morgan fingerprint density at radius 3 is 2.66 bits per heavy atom. The maximum Gasteiger partial charge on any atom is 0.280 e. The van der Waals surface area contributed by atoms with E-state index in [1.165, 1.54) is 11.3 Å². The highest BCUT2D eigenvalue weighted by atomic mass is 32.2. The summed E-state index contributed by atoms with van der Waals surface area (Å²) in [6.45, 7) is 4.66. The van der Waals surface area contributed by atoms with Gasteiger partial charge in [0.15, 0.2) is 5.01 Å². The van der Waals surface area contributed by atoms with Gasteiger partial charge >= 0.3 is 0 Å². The van der Waals surface area contributed by atoms with Gasteiger partial charge in [0.2, 0.25) is 15.9 Å². The number of piperidine rings is 1. The first kappa shape index (κ1) is 29.3. The number of ether oxygens (including phenoxy) is 1. The first-order chi connectivity index (χ1) is 19.7. The molecule has 2 fully saturated rings. The number of carbonyl (C=O) groups is 1. The maximum atomic E-state index is 13.4. The standard InChI is InChI=1S/C27H36N8O4S2/c1-4-39-25-16-28-14-22(31-25)24-15-30-27(40-24)26(36)32-23(17-35-11-8-19(9-12-35)34(2)3)21-13-18(7-10-29-21)33-41(37,38)20-5-6-20/h7,10,13-16,19-20,23H,4-6,8-9,11-12,17H2,1-3H3,(H,29,33)(H,32,36)/t23-/m0/s1. The van der Waals surface area contributed by atoms with Gasteiger partial charge in [-0.3, -0.25) is 19.5 Å². The van der Waals surface area contributed by atoms with Crippen molar-refractivity contribution in [3.05, 3.63) is 47.6 Å². The van der Waals surface area contributed by atoms with E-state index in [9.17, 15) is 13.2 Å². The van der Waals surface area contributed by atoms with Crippen LogP contribution in [0.1, 0.15) is 54.1 Å². The number of hydrogen-bond donors (Lipinski definition) is 2. The summed E-state index contributed by atoms with van der Waals surface area (Å²) in [4.78, 5) is 36.2. The zero-order valence-corrected chi connectivity index (χ0v) is 25.1. The minimum atomic E-state index is -3.43. The fourth-order valence-corrected chi connectivity index (χ4v) is 6.97. The molecule has 0 aromatic carbocycles. The summed E-state index contributed by atoms with van der Waals surface area (Å²) >= 11 is 1.22. The summed E-state index contributed by atoms with van der Waals surface area (Å²) in [7, 11) is 0.770. The van der Waals surface area contributed by atoms with Crippen LogP contribution in [0.2, 0.25) is 0 Å². The lowest BCUT2D eigenvalue weighted by atomic mass is 10.0. The fourth-order valence-electron chi connectivity index (χ4n) is 4.82. The number of anilines is 1. The number of amides is 1. The quantitative estimate of drug-likeness (QED) is 0.319. The fraction of sp³-hybridized carbons (Fsp3) is 0.519. The third-order valence-corrected chi connectivity index (χ3v) is 10.1. The Hall–Kier alpha value is -3.20. The molecule has 2 aliphatic rings. The molecule has 1 saturated carbocycles. The van der Waals surface area contributed by atoms with Crippen molar-refractivity contribution in [3.8, 4) is 16.5 Å². The summed E-state index contributed by atoms with van der Waals surface area (Å²) in [6.07, 6.45) is 9.72. The second kappa shape index (κ2) is 12.8. The van der Waals surface area contributed by atoms with Gasteiger partial charge in [-0.1, -0.05) is 0 Å². The van der Waals surface area contributed by atoms with Gasteiger partial charge in [0.05, 0.1) is 46.6 Å². The Kier molecular flexibility index (Phi) is 9.12. The summed E-state index contributed by atoms with van der Waals surface area (Å²) in [6, 6.07) is 3.39. The van der Waals surface area contributed by atoms with Crippen molar-refractivity contribution >= 4 is 33.0 Å². The largest absolute Gasteiger partial charge is 0.477 e. The van der Waals surface area contributed by atoms with Crippen molar-refractivity contribution in [1.82, 2.24) is 35.1 Å². The van der Waals surface area contributed by atoms with E-state index in [1.54, 1.807) is 36.9 Å². The number of carbonyl (C=O) groups excluding carboxylic acids is 1. The van der Waals surface area contributed by atoms with Crippen LogP contribution in [0.3, 0.4) is 0 Å². The molecule has 0 bridgehead atoms. The zero-order valence-electron chi connectivity index (χ0n) is 23.5. The van der Waals surface area contributed by atoms with Crippen molar-refractivity contribution < 1.29 is 17.9 Å². The summed E-state index contributed by atoms with van der Waals surface area (Å²) < 4.78 is 33.2. The van der Waals surface area contributed by atoms with E-state index < -0.39 is 16.1 Å². The molecule has 3 aromatic rings. The molecule has 0 radical (unpaired) electrons. The number of sulfonamides is 1. The van der Waals surface area contributed by atoms with Crippen LogP contribution in [-0.2, 0) is 10.0 Å². The van der Waals surface area contributed by atoms with Gasteiger partial charge in [-0.15, -0.1) is 11.3 Å². The molecule has 1 amide bonds. The minimum absolute atomic E-state index is 0.283. The molecule has 1 saturated heterocycles. The van der Waals surface area contributed by atoms with Crippen LogP contribution in [0.15, 0.2) is 36.9 Å². The third kappa shape index (κ3) is 7.56. The van der Waals surface area contributed by atoms with Gasteiger partial charge in [-0.25, -0.2) is 18.4 Å². The van der Waals surface area contributed by atoms with Gasteiger partial charge < -0.3 is 19.9 Å². The number of rotatable bonds is 12. The van der Waals surface area contributed by atoms with Gasteiger partial charge in [0, 0.05) is 25.0 Å². The molecule has 14 heteroatoms. The van der Waals surface area contributed by atoms with Crippen molar-refractivity contribution in [2.24, 2.45) is 0 Å². The highest BCUT2D eigenvalue weighted by Gasteiger charge is 2.36. The van der Waals surface area contributed by atoms with E-state index in [2.05, 4.69) is 53.9 Å². The van der Waals surface area contributed by atoms with Crippen LogP contribution in [-0.4, -0.2) is 95.7 Å². The van der Waals surface area contributed by atoms with Crippen molar-refractivity contribution in [3.63, 3.8) is 0 Å². The van der Waals surface area contributed by atoms with Crippen molar-refractivity contribution in [1.29, 1.82) is 0 Å². The van der Waals surface area contributed by atoms with Gasteiger partial charge in [-0.05, 0) is 71.9 Å². The van der Waals surface area contributed by atoms with E-state index in [-0.39, 0.29) is 16.2 Å². The number of nitrogens with one attached hydrogen (secondary N) is 2. The molecule has 1 atom stereocenters. The van der Waals surface area contributed by atoms with Gasteiger partial charge in [0.25, 0.3) is 5.91 Å². The number of pyridine rings is 1. The summed E-state index contributed by atoms with van der Waals surface area (Å²) in [5.74, 6) is 0.0693. The molecular formula is C27H36N8O4S2. The van der Waals surface area contributed by atoms with Crippen LogP contribution in [0.5, 0.6) is 5.88 Å². The van der Waals surface area contributed by atoms with E-state index in [0.29, 0.717) is 59.9 Å². The maximum absolute atomic E-state index is 13.4. The van der Waals surface area contributed by atoms with Crippen LogP contribution in [0.25, 0.3) is 10.6 Å². The molecule has 12 nitrogen and oxygen atoms in total. The predicted molar refractivity (Wildman–Crippen MR) is 157 cm³/mol. The molecule has 2 N–H and O–H groups in total. The van der Waals surface area contributed by atoms with Crippen LogP contribution >= 0.6 is 11.3 Å². The molecule has 3 aromatic heterocycles. The van der Waals surface area contributed by atoms with Gasteiger partial charge in [-0.2, -0.15) is 0 Å². The molecule has 0 unspecified atom stereocenters. The first-order valence-corrected chi connectivity index (χ1v) is 16.2. The number of thiazole rings is 1. The lowest BCUT2D eigenvalue weighted by Gasteiger charge is -2.36. The lowest BCUT2D eigenvalue weighted by molar-refractivity contribution is 0.0904. The Labute approximate surface area is 244 Å². The second-order valence-corrected chi connectivity index (χ2v) is 13.5. The number of aromatic nitrogens is 4. The van der Waals surface area contributed by atoms with E-state index in [1.807, 2.05) is 6.92 Å². The van der Waals surface area contributed by atoms with Crippen LogP contribution in [0.4, 0.5) is 5.69 Å². The zero-order chi connectivity index (χ0) is 29.0. The van der Waals surface area contributed by atoms with E-state index in [4.69, 9.17) is 4.74 Å². The molecule has 0 spiro atoms. The third-order valence-electron chi connectivity index (χ3n) is 7.25. The molecule has 1 aliphatic carbocycles. The minimum Gasteiger partial charge on any atom is -0.477 e. The average Bonchev–Trinajstić information content (AvgIpc) is 3.71. The first-order valence-electron chi connectivity index (χ1n) is 13.8. The Morgan fingerprint density at radius 1 is 1.17 bits per heavy atom. The molecule has 5 rings (SSSR count). The normalized spacial score (nSPS) is 17.4. The Morgan fingerprint density at radius 2 is 1.95 bits per heavy atom. The lowest BCUT2D eigenvalue weighted by Crippen LogP contribution is -2.45.